The van der Waals surface area contributed by atoms with Gasteiger partial charge in [0.15, 0.2) is 0 Å². The predicted molar refractivity (Wildman–Crippen MR) is 153 cm³/mol. The summed E-state index contributed by atoms with van der Waals surface area (Å²) >= 11 is 0. The smallest absolute Gasteiger partial charge is 0.410 e. The van der Waals surface area contributed by atoms with Crippen LogP contribution in [0.3, 0.4) is 0 Å². The molecule has 1 unspecified atom stereocenters. The molecule has 1 aliphatic carbocycles. The molecule has 0 radical (unpaired) electrons. The molecule has 2 heterocycles. The number of hydrogen-bond acceptors (Lipinski definition) is 5. The van der Waals surface area contributed by atoms with Crippen molar-refractivity contribution in [2.75, 3.05) is 24.5 Å². The molecule has 39 heavy (non-hydrogen) atoms. The van der Waals surface area contributed by atoms with Crippen LogP contribution in [0.1, 0.15) is 62.6 Å². The maximum Gasteiger partial charge on any atom is 0.410 e. The van der Waals surface area contributed by atoms with Crippen LogP contribution >= 0.6 is 0 Å². The van der Waals surface area contributed by atoms with Gasteiger partial charge in [0.2, 0.25) is 0 Å². The molecular weight excluding hydrogens is 488 g/mol. The topological polar surface area (TPSA) is 63.2 Å². The van der Waals surface area contributed by atoms with Crippen LogP contribution < -0.4 is 4.90 Å². The molecule has 2 fully saturated rings. The van der Waals surface area contributed by atoms with Gasteiger partial charge in [-0.25, -0.2) is 11.4 Å². The van der Waals surface area contributed by atoms with Crippen molar-refractivity contribution in [3.05, 3.63) is 76.5 Å². The maximum atomic E-state index is 12.7. The van der Waals surface area contributed by atoms with Gasteiger partial charge in [0, 0.05) is 55.0 Å². The van der Waals surface area contributed by atoms with Crippen LogP contribution in [0, 0.1) is 33.3 Å². The Balaban J connectivity index is 1.47. The lowest BCUT2D eigenvalue weighted by Gasteiger charge is -2.30. The Morgan fingerprint density at radius 2 is 1.90 bits per heavy atom. The largest absolute Gasteiger partial charge is 0.444 e. The summed E-state index contributed by atoms with van der Waals surface area (Å²) in [6.45, 7) is 21.5. The highest BCUT2D eigenvalue weighted by atomic mass is 16.6. The minimum Gasteiger partial charge on any atom is -0.444 e. The Bertz CT molecular complexity index is 1390. The molecule has 3 aromatic rings. The quantitative estimate of drug-likeness (QED) is 0.310. The van der Waals surface area contributed by atoms with E-state index < -0.39 is 5.60 Å². The molecule has 2 aromatic carbocycles. The van der Waals surface area contributed by atoms with E-state index in [1.54, 1.807) is 0 Å². The van der Waals surface area contributed by atoms with Gasteiger partial charge in [-0.1, -0.05) is 17.3 Å². The molecule has 1 aromatic heterocycles. The number of likely N-dealkylation sites (tertiary alicyclic amines) is 1. The monoisotopic (exact) mass is 526 g/mol. The summed E-state index contributed by atoms with van der Waals surface area (Å²) < 4.78 is 11.1. The van der Waals surface area contributed by atoms with Gasteiger partial charge >= 0.3 is 6.09 Å². The molecule has 1 saturated carbocycles. The number of aryl methyl sites for hydroxylation is 3. The highest BCUT2D eigenvalue weighted by Crippen LogP contribution is 2.50. The third-order valence-electron chi connectivity index (χ3n) is 7.85. The van der Waals surface area contributed by atoms with E-state index in [1.807, 2.05) is 39.5 Å². The van der Waals surface area contributed by atoms with Gasteiger partial charge in [0.25, 0.3) is 5.54 Å². The first-order chi connectivity index (χ1) is 18.5. The summed E-state index contributed by atoms with van der Waals surface area (Å²) in [6, 6.07) is 15.0. The summed E-state index contributed by atoms with van der Waals surface area (Å²) in [5, 5.41) is 4.17. The number of hydrogen-bond donors (Lipinski definition) is 0. The van der Waals surface area contributed by atoms with Crippen molar-refractivity contribution in [3.63, 3.8) is 0 Å². The van der Waals surface area contributed by atoms with Crippen molar-refractivity contribution in [1.82, 2.24) is 10.1 Å². The van der Waals surface area contributed by atoms with Gasteiger partial charge in [-0.15, -0.1) is 0 Å². The second kappa shape index (κ2) is 10.1. The number of carbonyl (C=O) groups is 1. The number of anilines is 2. The van der Waals surface area contributed by atoms with E-state index >= 15 is 0 Å². The van der Waals surface area contributed by atoms with E-state index in [-0.39, 0.29) is 17.6 Å². The molecular formula is C32H38N4O3. The number of carbonyl (C=O) groups excluding carboxylic acids is 1. The van der Waals surface area contributed by atoms with E-state index in [1.165, 1.54) is 0 Å². The second-order valence-electron chi connectivity index (χ2n) is 12.1. The molecule has 0 N–H and O–H groups in total. The van der Waals surface area contributed by atoms with Crippen molar-refractivity contribution in [1.29, 1.82) is 0 Å². The molecule has 1 aliphatic heterocycles. The normalized spacial score (nSPS) is 18.1. The first kappa shape index (κ1) is 26.8. The summed E-state index contributed by atoms with van der Waals surface area (Å²) in [4.78, 5) is 20.8. The lowest BCUT2D eigenvalue weighted by Crippen LogP contribution is -2.36. The average Bonchev–Trinajstić information content (AvgIpc) is 3.43. The first-order valence-electron chi connectivity index (χ1n) is 13.8. The average molecular weight is 527 g/mol. The molecule has 0 bridgehead atoms. The van der Waals surface area contributed by atoms with Crippen LogP contribution in [0.25, 0.3) is 16.0 Å². The molecule has 1 saturated heterocycles. The van der Waals surface area contributed by atoms with Crippen LogP contribution in [0.15, 0.2) is 47.0 Å². The van der Waals surface area contributed by atoms with Crippen LogP contribution in [-0.2, 0) is 10.3 Å². The minimum atomic E-state index is -0.511. The number of nitrogens with zero attached hydrogens (tertiary/aromatic N) is 4. The van der Waals surface area contributed by atoms with Crippen LogP contribution in [0.5, 0.6) is 0 Å². The molecule has 204 valence electrons. The van der Waals surface area contributed by atoms with Gasteiger partial charge in [0.05, 0.1) is 5.69 Å². The highest BCUT2D eigenvalue weighted by molar-refractivity contribution is 5.76. The number of benzene rings is 2. The fourth-order valence-corrected chi connectivity index (χ4v) is 5.56. The van der Waals surface area contributed by atoms with Gasteiger partial charge < -0.3 is 23.9 Å². The van der Waals surface area contributed by atoms with Crippen molar-refractivity contribution in [2.45, 2.75) is 71.9 Å². The van der Waals surface area contributed by atoms with Gasteiger partial charge in [-0.2, -0.15) is 0 Å². The Kier molecular flexibility index (Phi) is 6.92. The lowest BCUT2D eigenvalue weighted by atomic mass is 9.99. The van der Waals surface area contributed by atoms with Crippen molar-refractivity contribution >= 4 is 17.5 Å². The van der Waals surface area contributed by atoms with E-state index in [9.17, 15) is 4.79 Å². The number of rotatable bonds is 6. The third kappa shape index (κ3) is 5.52. The van der Waals surface area contributed by atoms with Gasteiger partial charge in [-0.3, -0.25) is 0 Å². The summed E-state index contributed by atoms with van der Waals surface area (Å²) in [5.41, 5.74) is 6.57. The van der Waals surface area contributed by atoms with Crippen molar-refractivity contribution in [2.24, 2.45) is 5.92 Å². The van der Waals surface area contributed by atoms with Crippen molar-refractivity contribution in [3.8, 4) is 11.1 Å². The molecule has 7 heteroatoms. The maximum absolute atomic E-state index is 12.7. The fraction of sp³-hybridized carbons (Fsp3) is 0.469. The fourth-order valence-electron chi connectivity index (χ4n) is 5.56. The highest BCUT2D eigenvalue weighted by Gasteiger charge is 2.52. The number of aromatic nitrogens is 1. The molecule has 1 amide bonds. The second-order valence-corrected chi connectivity index (χ2v) is 12.1. The Morgan fingerprint density at radius 3 is 2.49 bits per heavy atom. The van der Waals surface area contributed by atoms with E-state index in [0.717, 1.165) is 70.9 Å². The van der Waals surface area contributed by atoms with E-state index in [0.29, 0.717) is 13.1 Å². The van der Waals surface area contributed by atoms with Gasteiger partial charge in [-0.05, 0) is 95.3 Å². The predicted octanol–water partition coefficient (Wildman–Crippen LogP) is 7.57. The molecule has 0 spiro atoms. The summed E-state index contributed by atoms with van der Waals surface area (Å²) in [5.74, 6) is 1.09. The number of amides is 1. The summed E-state index contributed by atoms with van der Waals surface area (Å²) in [7, 11) is 0. The molecule has 1 atom stereocenters. The summed E-state index contributed by atoms with van der Waals surface area (Å²) in [6.07, 6.45) is 2.53. The molecule has 2 aliphatic rings. The van der Waals surface area contributed by atoms with E-state index in [4.69, 9.17) is 15.8 Å². The first-order valence-corrected chi connectivity index (χ1v) is 13.8. The zero-order valence-corrected chi connectivity index (χ0v) is 23.9. The minimum absolute atomic E-state index is 0.244. The lowest BCUT2D eigenvalue weighted by molar-refractivity contribution is 0.0289. The standard InChI is InChI=1S/C32H38N4O3/c1-21-8-9-25(29-22(2)34-39-23(29)3)18-28(21)36(27-12-10-26(11-13-27)32(33-7)15-16-32)20-24-14-17-35(19-24)30(37)38-31(4,5)6/h8-13,18,24H,14-17,19-20H2,1-6H3. The van der Waals surface area contributed by atoms with Gasteiger partial charge in [0.1, 0.15) is 11.4 Å². The van der Waals surface area contributed by atoms with Crippen LogP contribution in [0.4, 0.5) is 16.2 Å². The molecule has 7 nitrogen and oxygen atoms in total. The number of ether oxygens (including phenoxy) is 1. The Labute approximate surface area is 231 Å². The molecule has 5 rings (SSSR count). The zero-order valence-electron chi connectivity index (χ0n) is 23.9. The van der Waals surface area contributed by atoms with Crippen molar-refractivity contribution < 1.29 is 14.1 Å². The zero-order chi connectivity index (χ0) is 27.9. The van der Waals surface area contributed by atoms with Crippen LogP contribution in [-0.4, -0.2) is 41.4 Å². The Morgan fingerprint density at radius 1 is 1.18 bits per heavy atom. The van der Waals surface area contributed by atoms with Crippen LogP contribution in [0.2, 0.25) is 0 Å². The SMILES string of the molecule is [C-]#[N+]C1(c2ccc(N(CC3CCN(C(=O)OC(C)(C)C)C3)c3cc(-c4c(C)noc4C)ccc3C)cc2)CC1. The third-order valence-corrected chi connectivity index (χ3v) is 7.85. The Hall–Kier alpha value is -3.79. The van der Waals surface area contributed by atoms with E-state index in [2.05, 4.69) is 64.3 Å².